The number of esters is 2. The van der Waals surface area contributed by atoms with Crippen LogP contribution in [0.25, 0.3) is 0 Å². The van der Waals surface area contributed by atoms with Crippen LogP contribution in [-0.4, -0.2) is 47.6 Å². The number of rotatable bonds is 33. The van der Waals surface area contributed by atoms with E-state index in [1.165, 1.54) is 77.0 Å². The van der Waals surface area contributed by atoms with Crippen molar-refractivity contribution in [1.29, 1.82) is 0 Å². The van der Waals surface area contributed by atoms with E-state index in [2.05, 4.69) is 50.3 Å². The Kier molecular flexibility index (Phi) is 34.5. The SMILES string of the molecule is CC/C=C\C/C=C\C/C=C\C/C=C\C=C\C(O)CCCC(=O)O[C@@H](CO)COC(=O)CCCCCCCCCCCCCCCCC. The van der Waals surface area contributed by atoms with Crippen LogP contribution in [0.2, 0.25) is 0 Å². The number of ether oxygens (including phenoxy) is 2. The second-order valence-corrected chi connectivity index (χ2v) is 12.5. The first kappa shape index (κ1) is 44.6. The molecule has 0 saturated carbocycles. The van der Waals surface area contributed by atoms with Gasteiger partial charge in [0.05, 0.1) is 12.7 Å². The summed E-state index contributed by atoms with van der Waals surface area (Å²) in [5, 5.41) is 19.7. The number of hydrogen-bond acceptors (Lipinski definition) is 6. The van der Waals surface area contributed by atoms with Crippen LogP contribution in [0.5, 0.6) is 0 Å². The minimum absolute atomic E-state index is 0.123. The lowest BCUT2D eigenvalue weighted by Crippen LogP contribution is -2.28. The lowest BCUT2D eigenvalue weighted by Gasteiger charge is -2.16. The van der Waals surface area contributed by atoms with Gasteiger partial charge in [-0.3, -0.25) is 9.59 Å². The summed E-state index contributed by atoms with van der Waals surface area (Å²) < 4.78 is 10.5. The number of carbonyl (C=O) groups excluding carboxylic acids is 2. The summed E-state index contributed by atoms with van der Waals surface area (Å²) in [4.78, 5) is 24.2. The summed E-state index contributed by atoms with van der Waals surface area (Å²) in [6.07, 6.45) is 43.1. The van der Waals surface area contributed by atoms with Gasteiger partial charge in [-0.1, -0.05) is 164 Å². The van der Waals surface area contributed by atoms with E-state index < -0.39 is 24.8 Å². The highest BCUT2D eigenvalue weighted by Gasteiger charge is 2.16. The van der Waals surface area contributed by atoms with Crippen molar-refractivity contribution < 1.29 is 29.3 Å². The Morgan fingerprint density at radius 3 is 1.62 bits per heavy atom. The topological polar surface area (TPSA) is 93.1 Å². The molecule has 0 aromatic heterocycles. The van der Waals surface area contributed by atoms with E-state index in [9.17, 15) is 19.8 Å². The monoisotopic (exact) mass is 659 g/mol. The first-order valence-electron chi connectivity index (χ1n) is 19.0. The Morgan fingerprint density at radius 1 is 0.596 bits per heavy atom. The van der Waals surface area contributed by atoms with Gasteiger partial charge in [0, 0.05) is 12.8 Å². The summed E-state index contributed by atoms with van der Waals surface area (Å²) in [5.41, 5.74) is 0. The molecule has 0 saturated heterocycles. The van der Waals surface area contributed by atoms with Crippen LogP contribution >= 0.6 is 0 Å². The maximum atomic E-state index is 12.2. The fourth-order valence-corrected chi connectivity index (χ4v) is 5.05. The average Bonchev–Trinajstić information content (AvgIpc) is 3.06. The maximum Gasteiger partial charge on any atom is 0.306 e. The third-order valence-corrected chi connectivity index (χ3v) is 7.93. The van der Waals surface area contributed by atoms with Crippen LogP contribution < -0.4 is 0 Å². The number of hydrogen-bond donors (Lipinski definition) is 2. The summed E-state index contributed by atoms with van der Waals surface area (Å²) in [7, 11) is 0. The predicted octanol–water partition coefficient (Wildman–Crippen LogP) is 10.6. The van der Waals surface area contributed by atoms with E-state index in [-0.39, 0.29) is 19.0 Å². The van der Waals surface area contributed by atoms with Crippen molar-refractivity contribution in [3.05, 3.63) is 60.8 Å². The summed E-state index contributed by atoms with van der Waals surface area (Å²) in [6, 6.07) is 0. The highest BCUT2D eigenvalue weighted by atomic mass is 16.6. The zero-order chi connectivity index (χ0) is 34.5. The van der Waals surface area contributed by atoms with Crippen LogP contribution in [0, 0.1) is 0 Å². The molecular weight excluding hydrogens is 588 g/mol. The van der Waals surface area contributed by atoms with Crippen molar-refractivity contribution in [3.8, 4) is 0 Å². The molecule has 2 N–H and O–H groups in total. The van der Waals surface area contributed by atoms with Crippen molar-refractivity contribution in [2.45, 2.75) is 174 Å². The molecule has 0 fully saturated rings. The van der Waals surface area contributed by atoms with Crippen molar-refractivity contribution in [2.24, 2.45) is 0 Å². The normalized spacial score (nSPS) is 13.5. The van der Waals surface area contributed by atoms with E-state index in [0.717, 1.165) is 44.9 Å². The highest BCUT2D eigenvalue weighted by molar-refractivity contribution is 5.70. The van der Waals surface area contributed by atoms with Gasteiger partial charge in [0.25, 0.3) is 0 Å². The molecule has 0 spiro atoms. The van der Waals surface area contributed by atoms with Gasteiger partial charge >= 0.3 is 11.9 Å². The van der Waals surface area contributed by atoms with Crippen LogP contribution in [0.3, 0.4) is 0 Å². The van der Waals surface area contributed by atoms with Crippen LogP contribution in [0.4, 0.5) is 0 Å². The summed E-state index contributed by atoms with van der Waals surface area (Å²) in [5.74, 6) is -0.796. The molecule has 1 unspecified atom stereocenters. The van der Waals surface area contributed by atoms with Gasteiger partial charge in [-0.25, -0.2) is 0 Å². The third-order valence-electron chi connectivity index (χ3n) is 7.93. The first-order valence-corrected chi connectivity index (χ1v) is 19.0. The van der Waals surface area contributed by atoms with E-state index in [1.54, 1.807) is 6.08 Å². The second-order valence-electron chi connectivity index (χ2n) is 12.5. The molecule has 0 aliphatic rings. The number of unbranched alkanes of at least 4 members (excludes halogenated alkanes) is 14. The van der Waals surface area contributed by atoms with Gasteiger partial charge in [0.2, 0.25) is 0 Å². The Bertz CT molecular complexity index is 856. The van der Waals surface area contributed by atoms with E-state index in [4.69, 9.17) is 9.47 Å². The van der Waals surface area contributed by atoms with E-state index >= 15 is 0 Å². The lowest BCUT2D eigenvalue weighted by atomic mass is 10.0. The van der Waals surface area contributed by atoms with Crippen LogP contribution in [0.15, 0.2) is 60.8 Å². The largest absolute Gasteiger partial charge is 0.462 e. The molecule has 0 heterocycles. The van der Waals surface area contributed by atoms with Gasteiger partial charge in [-0.2, -0.15) is 0 Å². The average molecular weight is 659 g/mol. The molecule has 270 valence electrons. The van der Waals surface area contributed by atoms with Gasteiger partial charge in [-0.05, 0) is 44.9 Å². The molecule has 0 rings (SSSR count). The molecule has 0 bridgehead atoms. The van der Waals surface area contributed by atoms with Crippen LogP contribution in [-0.2, 0) is 19.1 Å². The molecule has 0 aromatic carbocycles. The zero-order valence-corrected chi connectivity index (χ0v) is 30.1. The molecule has 47 heavy (non-hydrogen) atoms. The predicted molar refractivity (Wildman–Crippen MR) is 197 cm³/mol. The van der Waals surface area contributed by atoms with E-state index in [0.29, 0.717) is 19.3 Å². The minimum atomic E-state index is -0.865. The van der Waals surface area contributed by atoms with E-state index in [1.807, 2.05) is 18.2 Å². The molecule has 0 aliphatic carbocycles. The second kappa shape index (κ2) is 36.4. The quantitative estimate of drug-likeness (QED) is 0.0315. The molecule has 6 heteroatoms. The van der Waals surface area contributed by atoms with Gasteiger partial charge in [0.1, 0.15) is 6.61 Å². The number of allylic oxidation sites excluding steroid dienone is 9. The van der Waals surface area contributed by atoms with Crippen LogP contribution in [0.1, 0.15) is 162 Å². The molecule has 2 atom stereocenters. The molecule has 0 amide bonds. The first-order chi connectivity index (χ1) is 23.0. The molecular formula is C41H70O6. The van der Waals surface area contributed by atoms with Crippen molar-refractivity contribution >= 4 is 11.9 Å². The fraction of sp³-hybridized carbons (Fsp3) is 0.707. The third kappa shape index (κ3) is 34.7. The smallest absolute Gasteiger partial charge is 0.306 e. The Morgan fingerprint density at radius 2 is 1.09 bits per heavy atom. The van der Waals surface area contributed by atoms with Gasteiger partial charge < -0.3 is 19.7 Å². The Labute approximate surface area is 288 Å². The zero-order valence-electron chi connectivity index (χ0n) is 30.1. The molecule has 0 aromatic rings. The Balaban J connectivity index is 3.78. The maximum absolute atomic E-state index is 12.2. The number of aliphatic hydroxyl groups is 2. The summed E-state index contributed by atoms with van der Waals surface area (Å²) >= 11 is 0. The lowest BCUT2D eigenvalue weighted by molar-refractivity contribution is -0.161. The minimum Gasteiger partial charge on any atom is -0.462 e. The van der Waals surface area contributed by atoms with Crippen molar-refractivity contribution in [3.63, 3.8) is 0 Å². The van der Waals surface area contributed by atoms with Gasteiger partial charge in [0.15, 0.2) is 6.10 Å². The van der Waals surface area contributed by atoms with Gasteiger partial charge in [-0.15, -0.1) is 0 Å². The highest BCUT2D eigenvalue weighted by Crippen LogP contribution is 2.14. The Hall–Kier alpha value is -2.44. The number of aliphatic hydroxyl groups excluding tert-OH is 2. The summed E-state index contributed by atoms with van der Waals surface area (Å²) in [6.45, 7) is 3.85. The molecule has 0 aliphatic heterocycles. The van der Waals surface area contributed by atoms with Crippen molar-refractivity contribution in [2.75, 3.05) is 13.2 Å². The number of carbonyl (C=O) groups is 2. The standard InChI is InChI=1S/C41H70O6/c1-3-5-7-9-11-13-15-17-18-20-22-24-26-28-30-34-40(44)46-37-39(36-42)47-41(45)35-31-33-38(43)32-29-27-25-23-21-19-16-14-12-10-8-6-4-2/h6,8,12,14,19,21,25,27,29,32,38-39,42-43H,3-5,7,9-11,13,15-18,20,22-24,26,28,30-31,33-37H2,1-2H3/b8-6-,14-12-,21-19-,27-25-,32-29+/t38?,39-/m0/s1. The molecule has 6 nitrogen and oxygen atoms in total. The van der Waals surface area contributed by atoms with Crippen molar-refractivity contribution in [1.82, 2.24) is 0 Å². The fourth-order valence-electron chi connectivity index (χ4n) is 5.05. The molecule has 0 radical (unpaired) electrons.